The van der Waals surface area contributed by atoms with E-state index in [9.17, 15) is 8.42 Å². The molecule has 0 spiro atoms. The summed E-state index contributed by atoms with van der Waals surface area (Å²) in [6.07, 6.45) is 0.642. The predicted molar refractivity (Wildman–Crippen MR) is 90.7 cm³/mol. The van der Waals surface area contributed by atoms with Gasteiger partial charge in [0.15, 0.2) is 15.0 Å². The van der Waals surface area contributed by atoms with Crippen molar-refractivity contribution in [1.82, 2.24) is 14.8 Å². The number of sulfone groups is 1. The Morgan fingerprint density at radius 3 is 2.82 bits per heavy atom. The lowest BCUT2D eigenvalue weighted by molar-refractivity contribution is 0.599. The highest BCUT2D eigenvalue weighted by Crippen LogP contribution is 2.31. The lowest BCUT2D eigenvalue weighted by atomic mass is 10.1. The summed E-state index contributed by atoms with van der Waals surface area (Å²) in [5.74, 6) is 1.98. The summed E-state index contributed by atoms with van der Waals surface area (Å²) in [5, 5.41) is 9.25. The van der Waals surface area contributed by atoms with Crippen molar-refractivity contribution >= 4 is 37.5 Å². The van der Waals surface area contributed by atoms with Crippen LogP contribution in [0, 0.1) is 0 Å². The summed E-state index contributed by atoms with van der Waals surface area (Å²) in [6, 6.07) is 8.07. The number of thioether (sulfide) groups is 1. The average Bonchev–Trinajstić information content (AvgIpc) is 3.01. The van der Waals surface area contributed by atoms with Crippen molar-refractivity contribution in [1.29, 1.82) is 0 Å². The molecule has 1 aliphatic heterocycles. The van der Waals surface area contributed by atoms with Crippen LogP contribution in [0.5, 0.6) is 0 Å². The quantitative estimate of drug-likeness (QED) is 0.736. The van der Waals surface area contributed by atoms with Gasteiger partial charge in [0, 0.05) is 23.2 Å². The topological polar surface area (TPSA) is 64.8 Å². The fraction of sp³-hybridized carbons (Fsp3) is 0.429. The molecule has 1 aromatic heterocycles. The first-order chi connectivity index (χ1) is 10.5. The Balaban J connectivity index is 1.73. The highest BCUT2D eigenvalue weighted by molar-refractivity contribution is 9.10. The van der Waals surface area contributed by atoms with E-state index in [4.69, 9.17) is 0 Å². The third kappa shape index (κ3) is 3.38. The van der Waals surface area contributed by atoms with Crippen LogP contribution < -0.4 is 0 Å². The molecule has 3 rings (SSSR count). The zero-order valence-electron chi connectivity index (χ0n) is 12.1. The van der Waals surface area contributed by atoms with Gasteiger partial charge in [-0.05, 0) is 18.1 Å². The molecule has 1 unspecified atom stereocenters. The van der Waals surface area contributed by atoms with E-state index in [2.05, 4.69) is 32.2 Å². The second-order valence-corrected chi connectivity index (χ2v) is 9.41. The predicted octanol–water partition coefficient (Wildman–Crippen LogP) is 2.77. The minimum atomic E-state index is -2.91. The highest BCUT2D eigenvalue weighted by Gasteiger charge is 2.32. The van der Waals surface area contributed by atoms with Crippen molar-refractivity contribution < 1.29 is 8.42 Å². The summed E-state index contributed by atoms with van der Waals surface area (Å²) in [6.45, 7) is 0. The van der Waals surface area contributed by atoms with Crippen LogP contribution >= 0.6 is 27.7 Å². The van der Waals surface area contributed by atoms with Crippen LogP contribution in [-0.2, 0) is 22.6 Å². The van der Waals surface area contributed by atoms with E-state index >= 15 is 0 Å². The van der Waals surface area contributed by atoms with Gasteiger partial charge in [-0.3, -0.25) is 0 Å². The number of nitrogens with zero attached hydrogens (tertiary/aromatic N) is 3. The number of hydrogen-bond acceptors (Lipinski definition) is 5. The van der Waals surface area contributed by atoms with Gasteiger partial charge in [-0.1, -0.05) is 45.9 Å². The van der Waals surface area contributed by atoms with Crippen molar-refractivity contribution in [2.24, 2.45) is 7.05 Å². The molecule has 0 bridgehead atoms. The summed E-state index contributed by atoms with van der Waals surface area (Å²) in [5.41, 5.74) is 1.19. The lowest BCUT2D eigenvalue weighted by Crippen LogP contribution is -2.09. The smallest absolute Gasteiger partial charge is 0.191 e. The minimum Gasteiger partial charge on any atom is -0.309 e. The number of benzene rings is 1. The van der Waals surface area contributed by atoms with Gasteiger partial charge in [0.05, 0.1) is 11.5 Å². The normalized spacial score (nSPS) is 20.4. The molecular weight excluding hydrogens is 386 g/mol. The van der Waals surface area contributed by atoms with E-state index in [1.165, 1.54) is 5.56 Å². The molecule has 1 aliphatic rings. The second kappa shape index (κ2) is 6.33. The fourth-order valence-electron chi connectivity index (χ4n) is 2.56. The van der Waals surface area contributed by atoms with E-state index in [0.717, 1.165) is 21.2 Å². The molecule has 5 nitrogen and oxygen atoms in total. The number of halogens is 1. The van der Waals surface area contributed by atoms with Crippen molar-refractivity contribution in [2.75, 3.05) is 11.5 Å². The van der Waals surface area contributed by atoms with Gasteiger partial charge in [-0.2, -0.15) is 0 Å². The molecule has 1 fully saturated rings. The van der Waals surface area contributed by atoms with E-state index in [-0.39, 0.29) is 17.4 Å². The molecule has 118 valence electrons. The number of aromatic nitrogens is 3. The zero-order valence-corrected chi connectivity index (χ0v) is 15.3. The maximum atomic E-state index is 11.6. The molecule has 22 heavy (non-hydrogen) atoms. The van der Waals surface area contributed by atoms with Crippen molar-refractivity contribution in [3.63, 3.8) is 0 Å². The summed E-state index contributed by atoms with van der Waals surface area (Å²) in [7, 11) is -1.00. The molecule has 0 N–H and O–H groups in total. The number of rotatable bonds is 4. The van der Waals surface area contributed by atoms with Crippen LogP contribution in [0.25, 0.3) is 0 Å². The fourth-order valence-corrected chi connectivity index (χ4v) is 5.84. The minimum absolute atomic E-state index is 0.0275. The van der Waals surface area contributed by atoms with Crippen LogP contribution in [0.4, 0.5) is 0 Å². The first kappa shape index (κ1) is 16.0. The van der Waals surface area contributed by atoms with E-state index < -0.39 is 9.84 Å². The largest absolute Gasteiger partial charge is 0.309 e. The lowest BCUT2D eigenvalue weighted by Gasteiger charge is -2.08. The Morgan fingerprint density at radius 2 is 2.14 bits per heavy atom. The van der Waals surface area contributed by atoms with Crippen LogP contribution in [0.1, 0.15) is 23.7 Å². The standard InChI is InChI=1S/C14H16BrN3O2S2/c1-18-13(11-6-7-22(19,20)9-11)16-17-14(18)21-8-10-4-2-3-5-12(10)15/h2-5,11H,6-9H2,1H3. The molecular formula is C14H16BrN3O2S2. The van der Waals surface area contributed by atoms with E-state index in [1.807, 2.05) is 29.8 Å². The van der Waals surface area contributed by atoms with Gasteiger partial charge in [-0.15, -0.1) is 10.2 Å². The van der Waals surface area contributed by atoms with Gasteiger partial charge in [0.2, 0.25) is 0 Å². The molecule has 0 amide bonds. The molecule has 0 saturated carbocycles. The van der Waals surface area contributed by atoms with Gasteiger partial charge in [-0.25, -0.2) is 8.42 Å². The first-order valence-electron chi connectivity index (χ1n) is 6.92. The Hall–Kier alpha value is -0.860. The molecule has 0 aliphatic carbocycles. The Bertz CT molecular complexity index is 789. The molecule has 8 heteroatoms. The van der Waals surface area contributed by atoms with Crippen LogP contribution in [0.3, 0.4) is 0 Å². The zero-order chi connectivity index (χ0) is 15.7. The maximum absolute atomic E-state index is 11.6. The third-order valence-corrected chi connectivity index (χ3v) is 7.39. The highest BCUT2D eigenvalue weighted by atomic mass is 79.9. The monoisotopic (exact) mass is 401 g/mol. The molecule has 1 saturated heterocycles. The Kier molecular flexibility index (Phi) is 4.61. The van der Waals surface area contributed by atoms with Crippen molar-refractivity contribution in [3.8, 4) is 0 Å². The summed E-state index contributed by atoms with van der Waals surface area (Å²) in [4.78, 5) is 0. The maximum Gasteiger partial charge on any atom is 0.191 e. The van der Waals surface area contributed by atoms with Crippen LogP contribution in [-0.4, -0.2) is 34.7 Å². The summed E-state index contributed by atoms with van der Waals surface area (Å²) >= 11 is 5.14. The van der Waals surface area contributed by atoms with Gasteiger partial charge >= 0.3 is 0 Å². The Morgan fingerprint density at radius 1 is 1.36 bits per heavy atom. The molecule has 1 aromatic carbocycles. The van der Waals surface area contributed by atoms with Crippen LogP contribution in [0.2, 0.25) is 0 Å². The van der Waals surface area contributed by atoms with Gasteiger partial charge in [0.1, 0.15) is 5.82 Å². The van der Waals surface area contributed by atoms with Crippen LogP contribution in [0.15, 0.2) is 33.9 Å². The van der Waals surface area contributed by atoms with E-state index in [1.54, 1.807) is 11.8 Å². The number of hydrogen-bond donors (Lipinski definition) is 0. The van der Waals surface area contributed by atoms with E-state index in [0.29, 0.717) is 6.42 Å². The third-order valence-electron chi connectivity index (χ3n) is 3.78. The van der Waals surface area contributed by atoms with Gasteiger partial charge < -0.3 is 4.57 Å². The second-order valence-electron chi connectivity index (χ2n) is 5.38. The van der Waals surface area contributed by atoms with Crippen molar-refractivity contribution in [2.45, 2.75) is 23.2 Å². The molecule has 0 radical (unpaired) electrons. The molecule has 2 heterocycles. The average molecular weight is 402 g/mol. The molecule has 2 aromatic rings. The first-order valence-corrected chi connectivity index (χ1v) is 10.5. The summed E-state index contributed by atoms with van der Waals surface area (Å²) < 4.78 is 26.2. The van der Waals surface area contributed by atoms with Crippen molar-refractivity contribution in [3.05, 3.63) is 40.1 Å². The Labute approximate surface area is 142 Å². The SMILES string of the molecule is Cn1c(SCc2ccccc2Br)nnc1C1CCS(=O)(=O)C1. The van der Waals surface area contributed by atoms with Gasteiger partial charge in [0.25, 0.3) is 0 Å². The molecule has 1 atom stereocenters.